The zero-order valence-corrected chi connectivity index (χ0v) is 11.0. The van der Waals surface area contributed by atoms with Crippen molar-refractivity contribution < 1.29 is 4.79 Å². The lowest BCUT2D eigenvalue weighted by atomic mass is 10.0. The van der Waals surface area contributed by atoms with Crippen molar-refractivity contribution in [1.29, 1.82) is 0 Å². The summed E-state index contributed by atoms with van der Waals surface area (Å²) in [7, 11) is 1.96. The molecule has 0 aromatic carbocycles. The van der Waals surface area contributed by atoms with Crippen molar-refractivity contribution in [3.63, 3.8) is 0 Å². The van der Waals surface area contributed by atoms with Crippen LogP contribution in [0.2, 0.25) is 0 Å². The Labute approximate surface area is 98.8 Å². The highest BCUT2D eigenvalue weighted by Crippen LogP contribution is 2.26. The molecule has 0 saturated heterocycles. The molecule has 0 aromatic heterocycles. The largest absolute Gasteiger partial charge is 0.339 e. The molecule has 94 valence electrons. The molecule has 0 spiro atoms. The van der Waals surface area contributed by atoms with E-state index < -0.39 is 0 Å². The van der Waals surface area contributed by atoms with Crippen LogP contribution in [-0.2, 0) is 4.79 Å². The number of carbonyl (C=O) groups excluding carboxylic acids is 1. The summed E-state index contributed by atoms with van der Waals surface area (Å²) in [6.07, 6.45) is 2.34. The summed E-state index contributed by atoms with van der Waals surface area (Å²) in [5, 5.41) is 0. The van der Waals surface area contributed by atoms with Crippen LogP contribution in [0.4, 0.5) is 0 Å². The molecule has 0 aliphatic heterocycles. The SMILES string of the molecule is CCN(C(=O)CN(C)C(C)(C)CN)C1CC1. The Bertz CT molecular complexity index is 249. The van der Waals surface area contributed by atoms with E-state index in [1.807, 2.05) is 23.8 Å². The predicted molar refractivity (Wildman–Crippen MR) is 66.2 cm³/mol. The van der Waals surface area contributed by atoms with E-state index in [-0.39, 0.29) is 11.4 Å². The van der Waals surface area contributed by atoms with Crippen LogP contribution < -0.4 is 5.73 Å². The van der Waals surface area contributed by atoms with Crippen LogP contribution in [0.1, 0.15) is 33.6 Å². The van der Waals surface area contributed by atoms with E-state index >= 15 is 0 Å². The number of nitrogens with zero attached hydrogens (tertiary/aromatic N) is 2. The molecule has 1 rings (SSSR count). The molecule has 2 N–H and O–H groups in total. The molecular formula is C12H25N3O. The first-order chi connectivity index (χ1) is 7.42. The van der Waals surface area contributed by atoms with Gasteiger partial charge in [0, 0.05) is 24.7 Å². The van der Waals surface area contributed by atoms with Crippen molar-refractivity contribution >= 4 is 5.91 Å². The second-order valence-corrected chi connectivity index (χ2v) is 5.28. The fourth-order valence-corrected chi connectivity index (χ4v) is 1.69. The summed E-state index contributed by atoms with van der Waals surface area (Å²) >= 11 is 0. The number of nitrogens with two attached hydrogens (primary N) is 1. The predicted octanol–water partition coefficient (Wildman–Crippen LogP) is 0.666. The number of hydrogen-bond acceptors (Lipinski definition) is 3. The fourth-order valence-electron chi connectivity index (χ4n) is 1.69. The molecule has 0 aromatic rings. The van der Waals surface area contributed by atoms with Crippen LogP contribution in [0.25, 0.3) is 0 Å². The summed E-state index contributed by atoms with van der Waals surface area (Å²) in [5.41, 5.74) is 5.58. The number of amides is 1. The van der Waals surface area contributed by atoms with E-state index in [2.05, 4.69) is 13.8 Å². The number of rotatable bonds is 6. The number of hydrogen-bond donors (Lipinski definition) is 1. The van der Waals surface area contributed by atoms with Crippen LogP contribution in [0, 0.1) is 0 Å². The Balaban J connectivity index is 2.49. The van der Waals surface area contributed by atoms with Crippen molar-refractivity contribution in [3.05, 3.63) is 0 Å². The second-order valence-electron chi connectivity index (χ2n) is 5.28. The molecule has 4 heteroatoms. The van der Waals surface area contributed by atoms with Crippen LogP contribution in [0.15, 0.2) is 0 Å². The number of likely N-dealkylation sites (N-methyl/N-ethyl adjacent to an activating group) is 2. The highest BCUT2D eigenvalue weighted by atomic mass is 16.2. The van der Waals surface area contributed by atoms with E-state index in [0.717, 1.165) is 6.54 Å². The maximum Gasteiger partial charge on any atom is 0.236 e. The van der Waals surface area contributed by atoms with Crippen LogP contribution in [0.3, 0.4) is 0 Å². The average Bonchev–Trinajstić information content (AvgIpc) is 3.03. The van der Waals surface area contributed by atoms with Gasteiger partial charge in [-0.05, 0) is 40.7 Å². The molecule has 16 heavy (non-hydrogen) atoms. The van der Waals surface area contributed by atoms with Crippen molar-refractivity contribution in [2.75, 3.05) is 26.7 Å². The highest BCUT2D eigenvalue weighted by molar-refractivity contribution is 5.79. The topological polar surface area (TPSA) is 49.6 Å². The molecule has 1 aliphatic carbocycles. The van der Waals surface area contributed by atoms with Gasteiger partial charge in [-0.25, -0.2) is 0 Å². The summed E-state index contributed by atoms with van der Waals surface area (Å²) in [4.78, 5) is 16.1. The van der Waals surface area contributed by atoms with E-state index in [4.69, 9.17) is 5.73 Å². The Morgan fingerprint density at radius 1 is 1.44 bits per heavy atom. The van der Waals surface area contributed by atoms with Gasteiger partial charge in [-0.15, -0.1) is 0 Å². The molecule has 1 aliphatic rings. The van der Waals surface area contributed by atoms with Gasteiger partial charge in [0.25, 0.3) is 0 Å². The van der Waals surface area contributed by atoms with Gasteiger partial charge in [0.05, 0.1) is 6.54 Å². The molecule has 1 fully saturated rings. The van der Waals surface area contributed by atoms with Gasteiger partial charge < -0.3 is 10.6 Å². The molecule has 0 unspecified atom stereocenters. The molecule has 0 heterocycles. The van der Waals surface area contributed by atoms with Gasteiger partial charge in [0.2, 0.25) is 5.91 Å². The minimum Gasteiger partial charge on any atom is -0.339 e. The Kier molecular flexibility index (Phi) is 4.33. The van der Waals surface area contributed by atoms with Crippen molar-refractivity contribution in [1.82, 2.24) is 9.80 Å². The zero-order chi connectivity index (χ0) is 12.3. The third-order valence-corrected chi connectivity index (χ3v) is 3.55. The highest BCUT2D eigenvalue weighted by Gasteiger charge is 2.33. The third-order valence-electron chi connectivity index (χ3n) is 3.55. The first kappa shape index (κ1) is 13.5. The summed E-state index contributed by atoms with van der Waals surface area (Å²) in [6, 6.07) is 0.506. The number of carbonyl (C=O) groups is 1. The van der Waals surface area contributed by atoms with Gasteiger partial charge in [-0.1, -0.05) is 0 Å². The Hall–Kier alpha value is -0.610. The lowest BCUT2D eigenvalue weighted by Gasteiger charge is -2.35. The van der Waals surface area contributed by atoms with Gasteiger partial charge in [0.1, 0.15) is 0 Å². The smallest absolute Gasteiger partial charge is 0.236 e. The minimum atomic E-state index is -0.112. The van der Waals surface area contributed by atoms with Crippen LogP contribution in [-0.4, -0.2) is 54.0 Å². The monoisotopic (exact) mass is 227 g/mol. The van der Waals surface area contributed by atoms with Crippen molar-refractivity contribution in [2.24, 2.45) is 5.73 Å². The molecule has 1 saturated carbocycles. The lowest BCUT2D eigenvalue weighted by molar-refractivity contribution is -0.133. The first-order valence-electron chi connectivity index (χ1n) is 6.13. The molecule has 4 nitrogen and oxygen atoms in total. The van der Waals surface area contributed by atoms with E-state index in [0.29, 0.717) is 19.1 Å². The third kappa shape index (κ3) is 3.19. The molecule has 0 bridgehead atoms. The molecule has 0 atom stereocenters. The quantitative estimate of drug-likeness (QED) is 0.725. The van der Waals surface area contributed by atoms with Crippen molar-refractivity contribution in [3.8, 4) is 0 Å². The van der Waals surface area contributed by atoms with Gasteiger partial charge in [0.15, 0.2) is 0 Å². The Morgan fingerprint density at radius 3 is 2.38 bits per heavy atom. The van der Waals surface area contributed by atoms with Crippen LogP contribution in [0.5, 0.6) is 0 Å². The Morgan fingerprint density at radius 2 is 2.00 bits per heavy atom. The fraction of sp³-hybridized carbons (Fsp3) is 0.917. The van der Waals surface area contributed by atoms with E-state index in [1.54, 1.807) is 0 Å². The van der Waals surface area contributed by atoms with E-state index in [9.17, 15) is 4.79 Å². The normalized spacial score (nSPS) is 16.6. The first-order valence-corrected chi connectivity index (χ1v) is 6.13. The summed E-state index contributed by atoms with van der Waals surface area (Å²) in [6.45, 7) is 8.02. The standard InChI is InChI=1S/C12H25N3O/c1-5-15(10-6-7-10)11(16)8-14(4)12(2,3)9-13/h10H,5-9,13H2,1-4H3. The molecule has 0 radical (unpaired) electrons. The maximum atomic E-state index is 12.1. The van der Waals surface area contributed by atoms with Crippen LogP contribution >= 0.6 is 0 Å². The zero-order valence-electron chi connectivity index (χ0n) is 11.0. The minimum absolute atomic E-state index is 0.112. The van der Waals surface area contributed by atoms with Gasteiger partial charge in [-0.2, -0.15) is 0 Å². The van der Waals surface area contributed by atoms with E-state index in [1.165, 1.54) is 12.8 Å². The summed E-state index contributed by atoms with van der Waals surface area (Å²) < 4.78 is 0. The maximum absolute atomic E-state index is 12.1. The van der Waals surface area contributed by atoms with Crippen molar-refractivity contribution in [2.45, 2.75) is 45.2 Å². The second kappa shape index (κ2) is 5.15. The van der Waals surface area contributed by atoms with Gasteiger partial charge >= 0.3 is 0 Å². The summed E-state index contributed by atoms with van der Waals surface area (Å²) in [5.74, 6) is 0.231. The lowest BCUT2D eigenvalue weighted by Crippen LogP contribution is -2.51. The average molecular weight is 227 g/mol. The molecule has 1 amide bonds. The molecular weight excluding hydrogens is 202 g/mol. The van der Waals surface area contributed by atoms with Gasteiger partial charge in [-0.3, -0.25) is 9.69 Å².